The van der Waals surface area contributed by atoms with Crippen molar-refractivity contribution < 1.29 is 4.79 Å². The van der Waals surface area contributed by atoms with E-state index in [-0.39, 0.29) is 5.91 Å². The molecule has 1 atom stereocenters. The van der Waals surface area contributed by atoms with E-state index < -0.39 is 0 Å². The highest BCUT2D eigenvalue weighted by atomic mass is 16.2. The van der Waals surface area contributed by atoms with Crippen LogP contribution < -0.4 is 0 Å². The zero-order chi connectivity index (χ0) is 19.5. The predicted molar refractivity (Wildman–Crippen MR) is 112 cm³/mol. The molecule has 1 aliphatic carbocycles. The topological polar surface area (TPSA) is 39.7 Å². The van der Waals surface area contributed by atoms with E-state index >= 15 is 0 Å². The van der Waals surface area contributed by atoms with Crippen molar-refractivity contribution in [3.8, 4) is 0 Å². The van der Waals surface area contributed by atoms with Crippen LogP contribution in [0.1, 0.15) is 56.4 Å². The molecule has 28 heavy (non-hydrogen) atoms. The van der Waals surface area contributed by atoms with Gasteiger partial charge in [-0.25, -0.2) is 0 Å². The maximum absolute atomic E-state index is 12.7. The molecule has 4 rings (SSSR count). The lowest BCUT2D eigenvalue weighted by molar-refractivity contribution is 0.0570. The van der Waals surface area contributed by atoms with Crippen LogP contribution in [0.4, 0.5) is 0 Å². The molecule has 0 radical (unpaired) electrons. The molecule has 3 fully saturated rings. The van der Waals surface area contributed by atoms with Crippen LogP contribution in [0.15, 0.2) is 24.4 Å². The third kappa shape index (κ3) is 4.74. The molecule has 3 heterocycles. The van der Waals surface area contributed by atoms with Crippen molar-refractivity contribution in [1.29, 1.82) is 0 Å². The smallest absolute Gasteiger partial charge is 0.272 e. The minimum Gasteiger partial charge on any atom is -0.337 e. The first-order valence-electron chi connectivity index (χ1n) is 11.3. The van der Waals surface area contributed by atoms with Crippen molar-refractivity contribution in [2.75, 3.05) is 39.3 Å². The molecule has 0 spiro atoms. The van der Waals surface area contributed by atoms with Crippen molar-refractivity contribution >= 4 is 5.91 Å². The third-order valence-corrected chi connectivity index (χ3v) is 6.89. The Hall–Kier alpha value is -1.46. The number of carbonyl (C=O) groups excluding carboxylic acids is 1. The van der Waals surface area contributed by atoms with Gasteiger partial charge in [0.1, 0.15) is 5.69 Å². The zero-order valence-corrected chi connectivity index (χ0v) is 17.6. The summed E-state index contributed by atoms with van der Waals surface area (Å²) in [4.78, 5) is 24.4. The van der Waals surface area contributed by atoms with Gasteiger partial charge in [0, 0.05) is 44.5 Å². The molecule has 2 saturated heterocycles. The number of likely N-dealkylation sites (tertiary alicyclic amines) is 1. The number of amides is 1. The van der Waals surface area contributed by atoms with Gasteiger partial charge in [-0.1, -0.05) is 19.9 Å². The lowest BCUT2D eigenvalue weighted by Crippen LogP contribution is -2.51. The number of carbonyl (C=O) groups is 1. The van der Waals surface area contributed by atoms with Gasteiger partial charge in [0.25, 0.3) is 5.91 Å². The van der Waals surface area contributed by atoms with Gasteiger partial charge >= 0.3 is 0 Å². The average molecular weight is 385 g/mol. The van der Waals surface area contributed by atoms with Gasteiger partial charge in [0.2, 0.25) is 0 Å². The van der Waals surface area contributed by atoms with Crippen LogP contribution in [0.25, 0.3) is 0 Å². The zero-order valence-electron chi connectivity index (χ0n) is 17.6. The minimum atomic E-state index is 0.0885. The summed E-state index contributed by atoms with van der Waals surface area (Å²) in [7, 11) is 0. The molecule has 0 bridgehead atoms. The summed E-state index contributed by atoms with van der Waals surface area (Å²) in [6.45, 7) is 11.5. The number of piperidine rings is 1. The van der Waals surface area contributed by atoms with E-state index in [0.717, 1.165) is 31.8 Å². The third-order valence-electron chi connectivity index (χ3n) is 6.89. The maximum Gasteiger partial charge on any atom is 0.272 e. The summed E-state index contributed by atoms with van der Waals surface area (Å²) in [5.74, 6) is 1.75. The molecular formula is C23H36N4O. The van der Waals surface area contributed by atoms with Gasteiger partial charge in [0.05, 0.1) is 0 Å². The molecule has 5 nitrogen and oxygen atoms in total. The normalized spacial score (nSPS) is 25.8. The molecule has 2 aliphatic heterocycles. The lowest BCUT2D eigenvalue weighted by Gasteiger charge is -2.40. The van der Waals surface area contributed by atoms with Crippen molar-refractivity contribution in [2.45, 2.75) is 58.0 Å². The molecule has 1 saturated carbocycles. The summed E-state index contributed by atoms with van der Waals surface area (Å²) < 4.78 is 0. The van der Waals surface area contributed by atoms with E-state index in [1.165, 1.54) is 45.4 Å². The monoisotopic (exact) mass is 384 g/mol. The molecule has 154 valence electrons. The standard InChI is InChI=1S/C23H36N4O/c1-18(2)22-17-26(12-5-13-27(22)16-19-7-8-19)20-9-14-25(15-10-20)23(28)21-6-3-4-11-24-21/h3-4,6,11,18-20,22H,5,7-10,12-17H2,1-2H3/t22-/m1/s1. The first-order chi connectivity index (χ1) is 13.6. The van der Waals surface area contributed by atoms with Crippen LogP contribution >= 0.6 is 0 Å². The molecule has 1 aromatic rings. The van der Waals surface area contributed by atoms with E-state index in [9.17, 15) is 4.79 Å². The molecular weight excluding hydrogens is 348 g/mol. The van der Waals surface area contributed by atoms with Crippen molar-refractivity contribution in [3.63, 3.8) is 0 Å². The second-order valence-electron chi connectivity index (χ2n) is 9.34. The van der Waals surface area contributed by atoms with Crippen molar-refractivity contribution in [2.24, 2.45) is 11.8 Å². The first-order valence-corrected chi connectivity index (χ1v) is 11.3. The van der Waals surface area contributed by atoms with Gasteiger partial charge in [-0.05, 0) is 69.2 Å². The largest absolute Gasteiger partial charge is 0.337 e. The van der Waals surface area contributed by atoms with E-state index in [0.29, 0.717) is 23.7 Å². The van der Waals surface area contributed by atoms with Crippen molar-refractivity contribution in [3.05, 3.63) is 30.1 Å². The molecule has 3 aliphatic rings. The molecule has 1 aromatic heterocycles. The van der Waals surface area contributed by atoms with Gasteiger partial charge in [-0.3, -0.25) is 19.6 Å². The molecule has 0 N–H and O–H groups in total. The maximum atomic E-state index is 12.7. The number of nitrogens with zero attached hydrogens (tertiary/aromatic N) is 4. The van der Waals surface area contributed by atoms with E-state index in [1.54, 1.807) is 6.20 Å². The summed E-state index contributed by atoms with van der Waals surface area (Å²) in [5.41, 5.74) is 0.575. The second kappa shape index (κ2) is 8.91. The Morgan fingerprint density at radius 1 is 1.11 bits per heavy atom. The van der Waals surface area contributed by atoms with Gasteiger partial charge in [-0.2, -0.15) is 0 Å². The fourth-order valence-electron chi connectivity index (χ4n) is 5.00. The van der Waals surface area contributed by atoms with E-state index in [4.69, 9.17) is 0 Å². The Balaban J connectivity index is 1.34. The highest BCUT2D eigenvalue weighted by Gasteiger charge is 2.35. The van der Waals surface area contributed by atoms with Crippen LogP contribution in [0, 0.1) is 11.8 Å². The quantitative estimate of drug-likeness (QED) is 0.782. The summed E-state index contributed by atoms with van der Waals surface area (Å²) in [5, 5.41) is 0. The number of aromatic nitrogens is 1. The van der Waals surface area contributed by atoms with Gasteiger partial charge in [0.15, 0.2) is 0 Å². The summed E-state index contributed by atoms with van der Waals surface area (Å²) in [6, 6.07) is 6.88. The molecule has 0 aromatic carbocycles. The highest BCUT2D eigenvalue weighted by Crippen LogP contribution is 2.32. The minimum absolute atomic E-state index is 0.0885. The number of hydrogen-bond donors (Lipinski definition) is 0. The van der Waals surface area contributed by atoms with Crippen LogP contribution in [0.5, 0.6) is 0 Å². The SMILES string of the molecule is CC(C)[C@H]1CN(C2CCN(C(=O)c3ccccn3)CC2)CCCN1CC1CC1. The predicted octanol–water partition coefficient (Wildman–Crippen LogP) is 3.13. The van der Waals surface area contributed by atoms with Crippen molar-refractivity contribution in [1.82, 2.24) is 19.7 Å². The lowest BCUT2D eigenvalue weighted by atomic mass is 9.98. The molecule has 0 unspecified atom stereocenters. The Morgan fingerprint density at radius 2 is 1.89 bits per heavy atom. The first kappa shape index (κ1) is 19.8. The van der Waals surface area contributed by atoms with E-state index in [2.05, 4.69) is 28.6 Å². The number of pyridine rings is 1. The number of rotatable bonds is 5. The number of hydrogen-bond acceptors (Lipinski definition) is 4. The van der Waals surface area contributed by atoms with Crippen LogP contribution in [0.2, 0.25) is 0 Å². The van der Waals surface area contributed by atoms with E-state index in [1.807, 2.05) is 23.1 Å². The summed E-state index contributed by atoms with van der Waals surface area (Å²) in [6.07, 6.45) is 8.04. The second-order valence-corrected chi connectivity index (χ2v) is 9.34. The van der Waals surface area contributed by atoms with Crippen LogP contribution in [-0.4, -0.2) is 76.9 Å². The fourth-order valence-corrected chi connectivity index (χ4v) is 5.00. The Labute approximate surface area is 170 Å². The van der Waals surface area contributed by atoms with Gasteiger partial charge in [-0.15, -0.1) is 0 Å². The van der Waals surface area contributed by atoms with Crippen LogP contribution in [-0.2, 0) is 0 Å². The molecule has 5 heteroatoms. The summed E-state index contributed by atoms with van der Waals surface area (Å²) >= 11 is 0. The Bertz CT molecular complexity index is 637. The highest BCUT2D eigenvalue weighted by molar-refractivity contribution is 5.92. The Kier molecular flexibility index (Phi) is 6.32. The fraction of sp³-hybridized carbons (Fsp3) is 0.739. The van der Waals surface area contributed by atoms with Gasteiger partial charge < -0.3 is 4.90 Å². The Morgan fingerprint density at radius 3 is 2.54 bits per heavy atom. The van der Waals surface area contributed by atoms with Crippen LogP contribution in [0.3, 0.4) is 0 Å². The average Bonchev–Trinajstić information content (AvgIpc) is 3.55. The molecule has 1 amide bonds.